The molecule has 37 heavy (non-hydrogen) atoms. The van der Waals surface area contributed by atoms with E-state index < -0.39 is 30.0 Å². The van der Waals surface area contributed by atoms with Crippen LogP contribution in [-0.2, 0) is 9.47 Å². The number of aryl methyl sites for hydroxylation is 1. The minimum atomic E-state index is -0.798. The number of carbonyl (C=O) groups is 3. The van der Waals surface area contributed by atoms with Crippen molar-refractivity contribution >= 4 is 40.8 Å². The molecule has 0 bridgehead atoms. The van der Waals surface area contributed by atoms with Crippen LogP contribution >= 0.6 is 12.2 Å². The zero-order valence-corrected chi connectivity index (χ0v) is 21.6. The normalized spacial score (nSPS) is 12.3. The van der Waals surface area contributed by atoms with Gasteiger partial charge in [0.25, 0.3) is 11.8 Å². The number of aromatic nitrogens is 2. The Morgan fingerprint density at radius 3 is 2.38 bits per heavy atom. The summed E-state index contributed by atoms with van der Waals surface area (Å²) in [6, 6.07) is 15.6. The first-order chi connectivity index (χ1) is 17.7. The number of ether oxygens (including phenoxy) is 2. The molecular formula is C26H29N5O5S. The molecule has 3 aromatic rings. The minimum absolute atomic E-state index is 0.0265. The number of benzene rings is 2. The van der Waals surface area contributed by atoms with Crippen molar-refractivity contribution < 1.29 is 23.9 Å². The molecule has 1 heterocycles. The van der Waals surface area contributed by atoms with Gasteiger partial charge in [-0.1, -0.05) is 42.8 Å². The van der Waals surface area contributed by atoms with E-state index in [0.29, 0.717) is 23.2 Å². The first-order valence-corrected chi connectivity index (χ1v) is 12.0. The molecular weight excluding hydrogens is 494 g/mol. The van der Waals surface area contributed by atoms with E-state index >= 15 is 0 Å². The maximum atomic E-state index is 12.4. The second kappa shape index (κ2) is 12.7. The zero-order valence-electron chi connectivity index (χ0n) is 20.7. The van der Waals surface area contributed by atoms with E-state index in [2.05, 4.69) is 20.8 Å². The van der Waals surface area contributed by atoms with Crippen LogP contribution in [0, 0.1) is 6.92 Å². The summed E-state index contributed by atoms with van der Waals surface area (Å²) in [6.45, 7) is 5.59. The molecule has 5 N–H and O–H groups in total. The summed E-state index contributed by atoms with van der Waals surface area (Å²) < 4.78 is 11.5. The molecule has 2 aromatic carbocycles. The largest absolute Gasteiger partial charge is 0.459 e. The fourth-order valence-corrected chi connectivity index (χ4v) is 3.61. The molecule has 2 atom stereocenters. The third-order valence-electron chi connectivity index (χ3n) is 5.48. The Morgan fingerprint density at radius 1 is 1.08 bits per heavy atom. The predicted octanol–water partition coefficient (Wildman–Crippen LogP) is 3.66. The van der Waals surface area contributed by atoms with Crippen molar-refractivity contribution in [2.45, 2.75) is 39.4 Å². The van der Waals surface area contributed by atoms with Crippen LogP contribution < -0.4 is 16.4 Å². The van der Waals surface area contributed by atoms with E-state index in [0.717, 1.165) is 5.56 Å². The third-order valence-corrected chi connectivity index (χ3v) is 5.68. The molecule has 0 spiro atoms. The highest BCUT2D eigenvalue weighted by Gasteiger charge is 2.25. The van der Waals surface area contributed by atoms with E-state index in [1.807, 2.05) is 26.0 Å². The molecule has 0 aliphatic carbocycles. The van der Waals surface area contributed by atoms with E-state index in [1.54, 1.807) is 49.4 Å². The van der Waals surface area contributed by atoms with Crippen LogP contribution in [0.5, 0.6) is 0 Å². The summed E-state index contributed by atoms with van der Waals surface area (Å²) in [4.78, 5) is 36.8. The fourth-order valence-electron chi connectivity index (χ4n) is 3.42. The molecule has 0 aliphatic heterocycles. The number of thiocarbonyl (C=S) groups is 1. The number of nitrogens with one attached hydrogen (secondary N) is 3. The second-order valence-electron chi connectivity index (χ2n) is 8.27. The smallest absolute Gasteiger partial charge is 0.338 e. The van der Waals surface area contributed by atoms with Crippen LogP contribution in [-0.4, -0.2) is 45.8 Å². The molecule has 0 aliphatic rings. The summed E-state index contributed by atoms with van der Waals surface area (Å²) in [5.74, 6) is -1.67. The van der Waals surface area contributed by atoms with Crippen molar-refractivity contribution in [1.29, 1.82) is 0 Å². The van der Waals surface area contributed by atoms with Gasteiger partial charge in [-0.2, -0.15) is 5.10 Å². The van der Waals surface area contributed by atoms with Crippen LogP contribution in [0.3, 0.4) is 0 Å². The number of nitrogens with zero attached hydrogens (tertiary/aromatic N) is 1. The topological polar surface area (TPSA) is 148 Å². The van der Waals surface area contributed by atoms with Crippen molar-refractivity contribution in [3.8, 4) is 0 Å². The highest BCUT2D eigenvalue weighted by molar-refractivity contribution is 7.80. The number of nitrogens with two attached hydrogens (primary N) is 1. The van der Waals surface area contributed by atoms with E-state index in [4.69, 9.17) is 27.4 Å². The van der Waals surface area contributed by atoms with Gasteiger partial charge in [0.1, 0.15) is 6.61 Å². The number of hydrogen-bond donors (Lipinski definition) is 4. The Bertz CT molecular complexity index is 1260. The lowest BCUT2D eigenvalue weighted by Gasteiger charge is -2.22. The average molecular weight is 524 g/mol. The van der Waals surface area contributed by atoms with Gasteiger partial charge in [-0.25, -0.2) is 4.79 Å². The second-order valence-corrected chi connectivity index (χ2v) is 8.68. The number of anilines is 1. The third kappa shape index (κ3) is 7.45. The number of amides is 2. The molecule has 0 radical (unpaired) electrons. The highest BCUT2D eigenvalue weighted by atomic mass is 32.1. The lowest BCUT2D eigenvalue weighted by Crippen LogP contribution is -2.35. The molecule has 1 aromatic heterocycles. The molecule has 10 nitrogen and oxygen atoms in total. The first kappa shape index (κ1) is 27.5. The molecule has 0 fully saturated rings. The molecule has 11 heteroatoms. The highest BCUT2D eigenvalue weighted by Crippen LogP contribution is 2.28. The van der Waals surface area contributed by atoms with Gasteiger partial charge in [0, 0.05) is 5.56 Å². The van der Waals surface area contributed by atoms with Gasteiger partial charge < -0.3 is 20.5 Å². The van der Waals surface area contributed by atoms with Crippen LogP contribution in [0.2, 0.25) is 0 Å². The van der Waals surface area contributed by atoms with E-state index in [1.165, 1.54) is 0 Å². The van der Waals surface area contributed by atoms with Crippen LogP contribution in [0.1, 0.15) is 68.8 Å². The van der Waals surface area contributed by atoms with E-state index in [9.17, 15) is 14.4 Å². The first-order valence-electron chi connectivity index (χ1n) is 11.6. The minimum Gasteiger partial charge on any atom is -0.459 e. The number of aromatic amines is 1. The molecule has 2 amide bonds. The Morgan fingerprint density at radius 2 is 1.76 bits per heavy atom. The lowest BCUT2D eigenvalue weighted by atomic mass is 10.1. The summed E-state index contributed by atoms with van der Waals surface area (Å²) in [7, 11) is 0. The van der Waals surface area contributed by atoms with Gasteiger partial charge >= 0.3 is 5.97 Å². The summed E-state index contributed by atoms with van der Waals surface area (Å²) in [6.07, 6.45) is -0.516. The summed E-state index contributed by atoms with van der Waals surface area (Å²) >= 11 is 5.27. The number of hydrogen-bond acceptors (Lipinski definition) is 7. The molecule has 3 rings (SSSR count). The summed E-state index contributed by atoms with van der Waals surface area (Å²) in [5, 5.41) is 12.1. The number of carbonyl (C=O) groups excluding carboxylic acids is 3. The number of rotatable bonds is 10. The zero-order chi connectivity index (χ0) is 26.9. The number of H-pyrrole nitrogens is 1. The van der Waals surface area contributed by atoms with Gasteiger partial charge in [0.15, 0.2) is 10.8 Å². The Hall–Kier alpha value is -4.09. The van der Waals surface area contributed by atoms with Crippen molar-refractivity contribution in [3.05, 3.63) is 82.7 Å². The van der Waals surface area contributed by atoms with Crippen molar-refractivity contribution in [1.82, 2.24) is 15.5 Å². The maximum Gasteiger partial charge on any atom is 0.338 e. The van der Waals surface area contributed by atoms with Crippen molar-refractivity contribution in [3.63, 3.8) is 0 Å². The molecule has 0 saturated carbocycles. The quantitative estimate of drug-likeness (QED) is 0.232. The van der Waals surface area contributed by atoms with Crippen LogP contribution in [0.15, 0.2) is 54.6 Å². The van der Waals surface area contributed by atoms with Gasteiger partial charge in [-0.05, 0) is 56.8 Å². The number of esters is 1. The maximum absolute atomic E-state index is 12.4. The lowest BCUT2D eigenvalue weighted by molar-refractivity contribution is -0.0443. The van der Waals surface area contributed by atoms with Crippen LogP contribution in [0.4, 0.5) is 5.69 Å². The Balaban J connectivity index is 1.67. The van der Waals surface area contributed by atoms with Crippen molar-refractivity contribution in [2.75, 3.05) is 11.9 Å². The standard InChI is InChI=1S/C26H29N5O5S/c1-4-19(14-35-25(34)18-12-10-15(2)11-13-18)36-16(3)20-21(22(23(27)32)31-30-20)28-26(37)29-24(33)17-8-6-5-7-9-17/h5-13,16,19H,4,14H2,1-3H3,(H2,27,32)(H,30,31)(H2,28,29,33,37)/t16-,19+/m1/s1. The Labute approximate surface area is 219 Å². The van der Waals surface area contributed by atoms with Gasteiger partial charge in [0.2, 0.25) is 0 Å². The fraction of sp³-hybridized carbons (Fsp3) is 0.269. The van der Waals surface area contributed by atoms with Crippen LogP contribution in [0.25, 0.3) is 0 Å². The molecule has 0 unspecified atom stereocenters. The Kier molecular flexibility index (Phi) is 9.47. The van der Waals surface area contributed by atoms with Gasteiger partial charge in [-0.15, -0.1) is 0 Å². The van der Waals surface area contributed by atoms with Crippen molar-refractivity contribution in [2.24, 2.45) is 5.73 Å². The monoisotopic (exact) mass is 523 g/mol. The van der Waals surface area contributed by atoms with E-state index in [-0.39, 0.29) is 23.1 Å². The van der Waals surface area contributed by atoms with Gasteiger partial charge in [0.05, 0.1) is 29.2 Å². The summed E-state index contributed by atoms with van der Waals surface area (Å²) in [5.41, 5.74) is 7.85. The van der Waals surface area contributed by atoms with Gasteiger partial charge in [-0.3, -0.25) is 20.0 Å². The average Bonchev–Trinajstić information content (AvgIpc) is 3.30. The molecule has 0 saturated heterocycles. The number of primary amides is 1. The predicted molar refractivity (Wildman–Crippen MR) is 142 cm³/mol. The SMILES string of the molecule is CC[C@@H](COC(=O)c1ccc(C)cc1)O[C@H](C)c1[nH]nc(C(N)=O)c1NC(=S)NC(=O)c1ccccc1. The molecule has 194 valence electrons.